The Balaban J connectivity index is 2.63. The molecular weight excluding hydrogens is 194 g/mol. The molecule has 0 unspecified atom stereocenters. The van der Waals surface area contributed by atoms with Crippen LogP contribution < -0.4 is 5.32 Å². The van der Waals surface area contributed by atoms with Crippen LogP contribution in [0.2, 0.25) is 0 Å². The zero-order valence-corrected chi connectivity index (χ0v) is 7.71. The number of hydrogen-bond acceptors (Lipinski definition) is 6. The first-order chi connectivity index (χ1) is 6.01. The monoisotopic (exact) mass is 203 g/mol. The van der Waals surface area contributed by atoms with E-state index in [0.717, 1.165) is 11.5 Å². The lowest BCUT2D eigenvalue weighted by molar-refractivity contribution is -0.143. The molecule has 1 heterocycles. The zero-order chi connectivity index (χ0) is 9.90. The minimum absolute atomic E-state index is 0.0654. The lowest BCUT2D eigenvalue weighted by Gasteiger charge is -2.12. The molecule has 7 heteroatoms. The number of aromatic nitrogens is 2. The highest BCUT2D eigenvalue weighted by atomic mass is 32.1. The summed E-state index contributed by atoms with van der Waals surface area (Å²) in [4.78, 5) is 13.8. The van der Waals surface area contributed by atoms with Crippen LogP contribution in [-0.4, -0.2) is 31.8 Å². The van der Waals surface area contributed by atoms with E-state index in [-0.39, 0.29) is 6.42 Å². The van der Waals surface area contributed by atoms with Gasteiger partial charge in [-0.1, -0.05) is 0 Å². The molecule has 0 spiro atoms. The molecule has 0 aliphatic rings. The molecule has 1 amide bonds. The molecule has 72 valence electrons. The second-order valence-electron chi connectivity index (χ2n) is 2.67. The third-order valence-electron chi connectivity index (χ3n) is 1.14. The SMILES string of the molecule is CC(O)(O)Cc1nsc(NC=O)n1. The van der Waals surface area contributed by atoms with E-state index in [2.05, 4.69) is 14.7 Å². The van der Waals surface area contributed by atoms with Gasteiger partial charge in [0.2, 0.25) is 11.5 Å². The second-order valence-corrected chi connectivity index (χ2v) is 3.42. The van der Waals surface area contributed by atoms with Gasteiger partial charge in [0.25, 0.3) is 0 Å². The van der Waals surface area contributed by atoms with Gasteiger partial charge < -0.3 is 15.5 Å². The van der Waals surface area contributed by atoms with Gasteiger partial charge in [-0.05, 0) is 6.92 Å². The predicted octanol–water partition coefficient (Wildman–Crippen LogP) is -0.650. The van der Waals surface area contributed by atoms with Crippen LogP contribution in [0.1, 0.15) is 12.7 Å². The van der Waals surface area contributed by atoms with Crippen molar-refractivity contribution in [2.75, 3.05) is 5.32 Å². The van der Waals surface area contributed by atoms with Crippen molar-refractivity contribution in [3.8, 4) is 0 Å². The molecule has 13 heavy (non-hydrogen) atoms. The van der Waals surface area contributed by atoms with Crippen LogP contribution >= 0.6 is 11.5 Å². The van der Waals surface area contributed by atoms with Crippen molar-refractivity contribution >= 4 is 23.1 Å². The average molecular weight is 203 g/mol. The van der Waals surface area contributed by atoms with Crippen LogP contribution in [0.5, 0.6) is 0 Å². The summed E-state index contributed by atoms with van der Waals surface area (Å²) in [6, 6.07) is 0. The van der Waals surface area contributed by atoms with Crippen LogP contribution in [0.4, 0.5) is 5.13 Å². The largest absolute Gasteiger partial charge is 0.365 e. The van der Waals surface area contributed by atoms with Crippen LogP contribution in [0, 0.1) is 0 Å². The zero-order valence-electron chi connectivity index (χ0n) is 6.89. The Kier molecular flexibility index (Phi) is 2.91. The van der Waals surface area contributed by atoms with Crippen LogP contribution in [0.3, 0.4) is 0 Å². The summed E-state index contributed by atoms with van der Waals surface area (Å²) in [5, 5.41) is 20.7. The van der Waals surface area contributed by atoms with Gasteiger partial charge in [-0.15, -0.1) is 0 Å². The van der Waals surface area contributed by atoms with E-state index in [0.29, 0.717) is 17.4 Å². The maximum Gasteiger partial charge on any atom is 0.213 e. The normalized spacial score (nSPS) is 11.3. The lowest BCUT2D eigenvalue weighted by atomic mass is 10.2. The first kappa shape index (κ1) is 10.0. The van der Waals surface area contributed by atoms with Crippen molar-refractivity contribution in [3.05, 3.63) is 5.82 Å². The number of rotatable bonds is 4. The van der Waals surface area contributed by atoms with E-state index in [4.69, 9.17) is 10.2 Å². The highest BCUT2D eigenvalue weighted by molar-refractivity contribution is 7.09. The number of hydrogen-bond donors (Lipinski definition) is 3. The van der Waals surface area contributed by atoms with Crippen molar-refractivity contribution < 1.29 is 15.0 Å². The maximum atomic E-state index is 10.00. The van der Waals surface area contributed by atoms with Gasteiger partial charge >= 0.3 is 0 Å². The Bertz CT molecular complexity index is 294. The molecule has 1 rings (SSSR count). The summed E-state index contributed by atoms with van der Waals surface area (Å²) in [7, 11) is 0. The maximum absolute atomic E-state index is 10.00. The van der Waals surface area contributed by atoms with E-state index >= 15 is 0 Å². The number of aliphatic hydroxyl groups is 2. The summed E-state index contributed by atoms with van der Waals surface area (Å²) in [5.74, 6) is -1.53. The third-order valence-corrected chi connectivity index (χ3v) is 1.83. The van der Waals surface area contributed by atoms with Gasteiger partial charge in [0.15, 0.2) is 5.79 Å². The Morgan fingerprint density at radius 1 is 1.69 bits per heavy atom. The van der Waals surface area contributed by atoms with E-state index < -0.39 is 5.79 Å². The Labute approximate surface area is 78.4 Å². The molecule has 0 atom stereocenters. The van der Waals surface area contributed by atoms with Gasteiger partial charge in [0, 0.05) is 11.5 Å². The number of nitrogens with one attached hydrogen (secondary N) is 1. The molecule has 1 aromatic rings. The quantitative estimate of drug-likeness (QED) is 0.446. The standard InChI is InChI=1S/C6H9N3O3S/c1-6(11,12)2-4-8-5(7-3-10)13-9-4/h3,11-12H,2H2,1H3,(H,7,8,9,10). The van der Waals surface area contributed by atoms with E-state index in [1.165, 1.54) is 6.92 Å². The van der Waals surface area contributed by atoms with Crippen LogP contribution in [-0.2, 0) is 11.2 Å². The predicted molar refractivity (Wildman–Crippen MR) is 46.1 cm³/mol. The van der Waals surface area contributed by atoms with E-state index in [9.17, 15) is 4.79 Å². The lowest BCUT2D eigenvalue weighted by Crippen LogP contribution is -2.26. The fourth-order valence-corrected chi connectivity index (χ4v) is 1.28. The number of amides is 1. The molecule has 3 N–H and O–H groups in total. The van der Waals surface area contributed by atoms with Gasteiger partial charge in [0.1, 0.15) is 5.82 Å². The summed E-state index contributed by atoms with van der Waals surface area (Å²) in [6.45, 7) is 1.24. The summed E-state index contributed by atoms with van der Waals surface area (Å²) >= 11 is 0.989. The number of anilines is 1. The smallest absolute Gasteiger partial charge is 0.213 e. The first-order valence-corrected chi connectivity index (χ1v) is 4.26. The molecule has 0 radical (unpaired) electrons. The molecule has 0 aliphatic heterocycles. The van der Waals surface area contributed by atoms with Crippen molar-refractivity contribution in [1.29, 1.82) is 0 Å². The van der Waals surface area contributed by atoms with Crippen LogP contribution in [0.15, 0.2) is 0 Å². The summed E-state index contributed by atoms with van der Waals surface area (Å²) in [6.07, 6.45) is 0.422. The number of carbonyl (C=O) groups is 1. The fourth-order valence-electron chi connectivity index (χ4n) is 0.734. The average Bonchev–Trinajstić information content (AvgIpc) is 2.33. The number of carbonyl (C=O) groups excluding carboxylic acids is 1. The van der Waals surface area contributed by atoms with Crippen molar-refractivity contribution in [3.63, 3.8) is 0 Å². The molecule has 0 aromatic carbocycles. The van der Waals surface area contributed by atoms with Crippen LogP contribution in [0.25, 0.3) is 0 Å². The highest BCUT2D eigenvalue weighted by Gasteiger charge is 2.18. The molecule has 6 nitrogen and oxygen atoms in total. The van der Waals surface area contributed by atoms with Gasteiger partial charge in [-0.3, -0.25) is 4.79 Å². The van der Waals surface area contributed by atoms with Gasteiger partial charge in [-0.2, -0.15) is 4.37 Å². The molecule has 0 fully saturated rings. The fraction of sp³-hybridized carbons (Fsp3) is 0.500. The van der Waals surface area contributed by atoms with E-state index in [1.807, 2.05) is 0 Å². The van der Waals surface area contributed by atoms with Gasteiger partial charge in [-0.25, -0.2) is 4.98 Å². The third kappa shape index (κ3) is 3.45. The Morgan fingerprint density at radius 3 is 2.92 bits per heavy atom. The number of nitrogens with zero attached hydrogens (tertiary/aromatic N) is 2. The van der Waals surface area contributed by atoms with Gasteiger partial charge in [0.05, 0.1) is 6.42 Å². The molecule has 0 saturated heterocycles. The summed E-state index contributed by atoms with van der Waals surface area (Å²) in [5.41, 5.74) is 0. The first-order valence-electron chi connectivity index (χ1n) is 3.49. The minimum atomic E-state index is -1.82. The van der Waals surface area contributed by atoms with E-state index in [1.54, 1.807) is 0 Å². The Hall–Kier alpha value is -1.05. The molecule has 0 saturated carbocycles. The minimum Gasteiger partial charge on any atom is -0.365 e. The molecule has 0 bridgehead atoms. The second kappa shape index (κ2) is 3.77. The molecule has 1 aromatic heterocycles. The highest BCUT2D eigenvalue weighted by Crippen LogP contribution is 2.13. The van der Waals surface area contributed by atoms with Crippen molar-refractivity contribution in [1.82, 2.24) is 9.36 Å². The molecular formula is C6H9N3O3S. The summed E-state index contributed by atoms with van der Waals surface area (Å²) < 4.78 is 3.81. The molecule has 0 aliphatic carbocycles. The Morgan fingerprint density at radius 2 is 2.38 bits per heavy atom. The van der Waals surface area contributed by atoms with Crippen molar-refractivity contribution in [2.24, 2.45) is 0 Å². The topological polar surface area (TPSA) is 95.3 Å². The van der Waals surface area contributed by atoms with Crippen molar-refractivity contribution in [2.45, 2.75) is 19.1 Å².